The molecule has 1 aromatic heterocycles. The number of carbonyl (C=O) groups excluding carboxylic acids is 2. The van der Waals surface area contributed by atoms with Crippen molar-refractivity contribution >= 4 is 23.3 Å². The van der Waals surface area contributed by atoms with Crippen molar-refractivity contribution in [2.75, 3.05) is 17.7 Å². The molecule has 0 bridgehead atoms. The zero-order valence-corrected chi connectivity index (χ0v) is 17.2. The van der Waals surface area contributed by atoms with E-state index in [0.717, 1.165) is 17.7 Å². The van der Waals surface area contributed by atoms with Crippen molar-refractivity contribution in [2.24, 2.45) is 0 Å². The summed E-state index contributed by atoms with van der Waals surface area (Å²) >= 11 is 0. The number of aromatic nitrogens is 2. The zero-order valence-electron chi connectivity index (χ0n) is 17.2. The molecule has 0 aliphatic carbocycles. The third kappa shape index (κ3) is 4.03. The van der Waals surface area contributed by atoms with E-state index in [1.807, 2.05) is 18.2 Å². The van der Waals surface area contributed by atoms with E-state index in [9.17, 15) is 22.8 Å². The van der Waals surface area contributed by atoms with E-state index in [-0.39, 0.29) is 12.1 Å². The number of carbonyl (C=O) groups is 2. The smallest absolute Gasteiger partial charge is 0.416 e. The van der Waals surface area contributed by atoms with Crippen LogP contribution in [-0.4, -0.2) is 28.7 Å². The van der Waals surface area contributed by atoms with Gasteiger partial charge < -0.3 is 15.4 Å². The molecule has 4 rings (SSSR count). The quantitative estimate of drug-likeness (QED) is 0.611. The van der Waals surface area contributed by atoms with Gasteiger partial charge in [0.25, 0.3) is 5.91 Å². The van der Waals surface area contributed by atoms with Crippen LogP contribution in [0.25, 0.3) is 11.1 Å². The van der Waals surface area contributed by atoms with Crippen molar-refractivity contribution in [1.82, 2.24) is 9.78 Å². The third-order valence-corrected chi connectivity index (χ3v) is 5.14. The van der Waals surface area contributed by atoms with Crippen LogP contribution in [0.1, 0.15) is 23.7 Å². The van der Waals surface area contributed by atoms with Crippen molar-refractivity contribution in [2.45, 2.75) is 25.6 Å². The van der Waals surface area contributed by atoms with E-state index >= 15 is 0 Å². The maximum Gasteiger partial charge on any atom is 0.416 e. The van der Waals surface area contributed by atoms with Gasteiger partial charge in [0.15, 0.2) is 0 Å². The lowest BCUT2D eigenvalue weighted by Gasteiger charge is -2.12. The molecule has 0 saturated heterocycles. The molecule has 0 spiro atoms. The van der Waals surface area contributed by atoms with Gasteiger partial charge in [0.1, 0.15) is 17.6 Å². The zero-order chi connectivity index (χ0) is 23.0. The number of fused-ring (bicyclic) bond motifs is 1. The van der Waals surface area contributed by atoms with Gasteiger partial charge >= 0.3 is 6.18 Å². The number of nitrogens with zero attached hydrogens (tertiary/aromatic N) is 2. The highest BCUT2D eigenvalue weighted by molar-refractivity contribution is 6.04. The number of aryl methyl sites for hydroxylation is 1. The molecule has 0 radical (unpaired) electrons. The number of alkyl halides is 3. The average Bonchev–Trinajstić information content (AvgIpc) is 3.21. The first kappa shape index (κ1) is 21.4. The lowest BCUT2D eigenvalue weighted by molar-refractivity contribution is -0.137. The molecule has 2 N–H and O–H groups in total. The maximum atomic E-state index is 12.9. The van der Waals surface area contributed by atoms with E-state index in [0.29, 0.717) is 22.8 Å². The summed E-state index contributed by atoms with van der Waals surface area (Å²) in [6.45, 7) is 1.78. The van der Waals surface area contributed by atoms with E-state index in [1.54, 1.807) is 20.1 Å². The lowest BCUT2D eigenvalue weighted by atomic mass is 10.1. The van der Waals surface area contributed by atoms with Crippen LogP contribution < -0.4 is 15.4 Å². The minimum absolute atomic E-state index is 0.00262. The molecule has 2 amide bonds. The Morgan fingerprint density at radius 3 is 2.69 bits per heavy atom. The number of benzene rings is 2. The third-order valence-electron chi connectivity index (χ3n) is 5.14. The summed E-state index contributed by atoms with van der Waals surface area (Å²) in [4.78, 5) is 25.1. The van der Waals surface area contributed by atoms with Gasteiger partial charge in [-0.2, -0.15) is 18.3 Å². The predicted octanol–water partition coefficient (Wildman–Crippen LogP) is 4.41. The minimum atomic E-state index is -4.52. The van der Waals surface area contributed by atoms with Crippen LogP contribution in [-0.2, 0) is 15.8 Å². The maximum absolute atomic E-state index is 12.9. The molecule has 2 heterocycles. The molecule has 1 aliphatic heterocycles. The topological polar surface area (TPSA) is 85.2 Å². The number of ether oxygens (including phenoxy) is 1. The molecule has 0 fully saturated rings. The van der Waals surface area contributed by atoms with E-state index in [4.69, 9.17) is 4.74 Å². The van der Waals surface area contributed by atoms with E-state index in [2.05, 4.69) is 15.7 Å². The molecular formula is C22H19F3N4O3. The van der Waals surface area contributed by atoms with Gasteiger partial charge in [-0.25, -0.2) is 4.68 Å². The summed E-state index contributed by atoms with van der Waals surface area (Å²) in [7, 11) is 1.55. The lowest BCUT2D eigenvalue weighted by Crippen LogP contribution is -2.24. The molecular weight excluding hydrogens is 425 g/mol. The number of hydrogen-bond acceptors (Lipinski definition) is 4. The molecule has 3 aromatic rings. The second-order valence-electron chi connectivity index (χ2n) is 7.32. The Morgan fingerprint density at radius 2 is 1.97 bits per heavy atom. The van der Waals surface area contributed by atoms with Gasteiger partial charge in [-0.1, -0.05) is 18.2 Å². The first-order valence-corrected chi connectivity index (χ1v) is 9.69. The summed E-state index contributed by atoms with van der Waals surface area (Å²) in [5, 5.41) is 9.61. The Morgan fingerprint density at radius 1 is 1.22 bits per heavy atom. The Kier molecular flexibility index (Phi) is 5.37. The molecule has 7 nitrogen and oxygen atoms in total. The largest absolute Gasteiger partial charge is 0.497 e. The monoisotopic (exact) mass is 444 g/mol. The molecule has 1 atom stereocenters. The van der Waals surface area contributed by atoms with Crippen LogP contribution in [0, 0.1) is 6.92 Å². The number of methoxy groups -OCH3 is 1. The highest BCUT2D eigenvalue weighted by Crippen LogP contribution is 2.39. The van der Waals surface area contributed by atoms with E-state index in [1.165, 1.54) is 16.8 Å². The summed E-state index contributed by atoms with van der Waals surface area (Å²) in [6.07, 6.45) is -4.81. The first-order chi connectivity index (χ1) is 15.2. The molecule has 1 unspecified atom stereocenters. The Balaban J connectivity index is 1.56. The number of halogens is 3. The molecule has 1 aliphatic rings. The molecule has 2 aromatic carbocycles. The normalized spacial score (nSPS) is 15.3. The van der Waals surface area contributed by atoms with Gasteiger partial charge in [-0.15, -0.1) is 0 Å². The highest BCUT2D eigenvalue weighted by Gasteiger charge is 2.36. The van der Waals surface area contributed by atoms with Gasteiger partial charge in [-0.3, -0.25) is 9.59 Å². The van der Waals surface area contributed by atoms with Crippen molar-refractivity contribution in [3.63, 3.8) is 0 Å². The minimum Gasteiger partial charge on any atom is -0.497 e. The van der Waals surface area contributed by atoms with Crippen LogP contribution in [0.15, 0.2) is 48.5 Å². The average molecular weight is 444 g/mol. The molecule has 166 valence electrons. The van der Waals surface area contributed by atoms with Crippen molar-refractivity contribution in [3.05, 3.63) is 59.8 Å². The van der Waals surface area contributed by atoms with Gasteiger partial charge in [-0.05, 0) is 42.8 Å². The number of hydrogen-bond donors (Lipinski definition) is 2. The summed E-state index contributed by atoms with van der Waals surface area (Å²) in [6, 6.07) is 10.7. The summed E-state index contributed by atoms with van der Waals surface area (Å²) < 4.78 is 45.4. The van der Waals surface area contributed by atoms with Gasteiger partial charge in [0.2, 0.25) is 5.91 Å². The SMILES string of the molecule is COc1cccc(-c2c(C)nn3c2NC(=O)C3CC(=O)Nc2cccc(C(F)(F)F)c2)c1. The van der Waals surface area contributed by atoms with Crippen molar-refractivity contribution in [1.29, 1.82) is 0 Å². The Labute approximate surface area is 181 Å². The van der Waals surface area contributed by atoms with Crippen molar-refractivity contribution < 1.29 is 27.5 Å². The summed E-state index contributed by atoms with van der Waals surface area (Å²) in [5.41, 5.74) is 1.27. The van der Waals surface area contributed by atoms with Crippen LogP contribution in [0.2, 0.25) is 0 Å². The number of nitrogens with one attached hydrogen (secondary N) is 2. The second kappa shape index (κ2) is 8.03. The number of anilines is 2. The van der Waals surface area contributed by atoms with Crippen LogP contribution >= 0.6 is 0 Å². The van der Waals surface area contributed by atoms with Gasteiger partial charge in [0.05, 0.1) is 24.8 Å². The van der Waals surface area contributed by atoms with Gasteiger partial charge in [0, 0.05) is 11.3 Å². The fraction of sp³-hybridized carbons (Fsp3) is 0.227. The first-order valence-electron chi connectivity index (χ1n) is 9.69. The van der Waals surface area contributed by atoms with E-state index < -0.39 is 29.6 Å². The fourth-order valence-corrected chi connectivity index (χ4v) is 3.67. The van der Waals surface area contributed by atoms with Crippen LogP contribution in [0.5, 0.6) is 5.75 Å². The molecule has 10 heteroatoms. The fourth-order valence-electron chi connectivity index (χ4n) is 3.67. The predicted molar refractivity (Wildman–Crippen MR) is 111 cm³/mol. The number of rotatable bonds is 5. The number of amides is 2. The van der Waals surface area contributed by atoms with Crippen LogP contribution in [0.4, 0.5) is 24.7 Å². The van der Waals surface area contributed by atoms with Crippen LogP contribution in [0.3, 0.4) is 0 Å². The Hall–Kier alpha value is -3.82. The second-order valence-corrected chi connectivity index (χ2v) is 7.32. The Bertz CT molecular complexity index is 1200. The molecule has 32 heavy (non-hydrogen) atoms. The highest BCUT2D eigenvalue weighted by atomic mass is 19.4. The van der Waals surface area contributed by atoms with Crippen molar-refractivity contribution in [3.8, 4) is 16.9 Å². The summed E-state index contributed by atoms with van der Waals surface area (Å²) in [5.74, 6) is 0.0741. The molecule has 0 saturated carbocycles. The standard InChI is InChI=1S/C22H19F3N4O3/c1-12-19(13-5-3-8-16(9-13)32-2)20-27-21(31)17(29(20)28-12)11-18(30)26-15-7-4-6-14(10-15)22(23,24)25/h3-10,17H,11H2,1-2H3,(H,26,30)(H,27,31).